The van der Waals surface area contributed by atoms with Gasteiger partial charge in [-0.1, -0.05) is 12.1 Å². The summed E-state index contributed by atoms with van der Waals surface area (Å²) in [4.78, 5) is 12.4. The number of aryl methyl sites for hydroxylation is 2. The van der Waals surface area contributed by atoms with Gasteiger partial charge in [-0.25, -0.2) is 0 Å². The maximum atomic E-state index is 12.4. The zero-order valence-electron chi connectivity index (χ0n) is 14.9. The highest BCUT2D eigenvalue weighted by Crippen LogP contribution is 2.22. The van der Waals surface area contributed by atoms with E-state index in [1.807, 2.05) is 50.2 Å². The van der Waals surface area contributed by atoms with Crippen molar-refractivity contribution >= 4 is 11.7 Å². The second-order valence-corrected chi connectivity index (χ2v) is 6.17. The standard InChI is InChI=1S/C20H17N5O2/c1-12-3-9-16(23-22-12)14-5-7-15(8-6-14)20(26)21-19-11-17(24-25-19)18-10-4-13(2)27-18/h3-11H,1-2H3,(H2,21,24,25,26). The number of carbonyl (C=O) groups excluding carboxylic acids is 1. The fourth-order valence-electron chi connectivity index (χ4n) is 2.63. The molecule has 0 saturated heterocycles. The summed E-state index contributed by atoms with van der Waals surface area (Å²) in [6.45, 7) is 3.76. The maximum absolute atomic E-state index is 12.4. The molecule has 0 radical (unpaired) electrons. The number of carbonyl (C=O) groups is 1. The molecule has 0 unspecified atom stereocenters. The van der Waals surface area contributed by atoms with Crippen LogP contribution < -0.4 is 5.32 Å². The van der Waals surface area contributed by atoms with Crippen LogP contribution in [0.3, 0.4) is 0 Å². The lowest BCUT2D eigenvalue weighted by Crippen LogP contribution is -2.12. The fraction of sp³-hybridized carbons (Fsp3) is 0.100. The van der Waals surface area contributed by atoms with Crippen molar-refractivity contribution < 1.29 is 9.21 Å². The van der Waals surface area contributed by atoms with Crippen molar-refractivity contribution in [1.29, 1.82) is 0 Å². The smallest absolute Gasteiger partial charge is 0.256 e. The minimum absolute atomic E-state index is 0.245. The third kappa shape index (κ3) is 3.62. The van der Waals surface area contributed by atoms with Gasteiger partial charge >= 0.3 is 0 Å². The number of hydrogen-bond donors (Lipinski definition) is 2. The number of aromatic amines is 1. The quantitative estimate of drug-likeness (QED) is 0.574. The summed E-state index contributed by atoms with van der Waals surface area (Å²) in [5.74, 6) is 1.66. The number of amides is 1. The first-order valence-electron chi connectivity index (χ1n) is 8.43. The highest BCUT2D eigenvalue weighted by molar-refractivity contribution is 6.04. The summed E-state index contributed by atoms with van der Waals surface area (Å²) in [5.41, 5.74) is 3.74. The number of nitrogens with zero attached hydrogens (tertiary/aromatic N) is 3. The Morgan fingerprint density at radius 1 is 1.00 bits per heavy atom. The van der Waals surface area contributed by atoms with Crippen LogP contribution in [0.15, 0.2) is 59.0 Å². The number of nitrogens with one attached hydrogen (secondary N) is 2. The van der Waals surface area contributed by atoms with Gasteiger partial charge in [-0.15, -0.1) is 0 Å². The molecule has 3 aromatic heterocycles. The van der Waals surface area contributed by atoms with Crippen molar-refractivity contribution in [2.75, 3.05) is 5.32 Å². The normalized spacial score (nSPS) is 10.7. The van der Waals surface area contributed by atoms with Crippen molar-refractivity contribution in [2.45, 2.75) is 13.8 Å². The van der Waals surface area contributed by atoms with E-state index in [1.165, 1.54) is 0 Å². The van der Waals surface area contributed by atoms with Gasteiger partial charge in [0.15, 0.2) is 11.6 Å². The number of furan rings is 1. The average molecular weight is 359 g/mol. The molecule has 0 aliphatic rings. The van der Waals surface area contributed by atoms with Crippen LogP contribution >= 0.6 is 0 Å². The molecule has 0 bridgehead atoms. The Labute approximate surface area is 155 Å². The summed E-state index contributed by atoms with van der Waals surface area (Å²) in [7, 11) is 0. The van der Waals surface area contributed by atoms with Crippen LogP contribution in [0.25, 0.3) is 22.7 Å². The molecule has 27 heavy (non-hydrogen) atoms. The summed E-state index contributed by atoms with van der Waals surface area (Å²) in [6, 6.07) is 16.4. The Hall–Kier alpha value is -3.74. The second kappa shape index (κ2) is 6.87. The third-order valence-electron chi connectivity index (χ3n) is 4.07. The number of rotatable bonds is 4. The monoisotopic (exact) mass is 359 g/mol. The Balaban J connectivity index is 1.47. The lowest BCUT2D eigenvalue weighted by molar-refractivity contribution is 0.102. The molecule has 0 aliphatic heterocycles. The topological polar surface area (TPSA) is 96.7 Å². The Kier molecular flexibility index (Phi) is 4.25. The molecule has 4 rings (SSSR count). The van der Waals surface area contributed by atoms with Gasteiger partial charge in [-0.3, -0.25) is 9.89 Å². The molecule has 7 nitrogen and oxygen atoms in total. The van der Waals surface area contributed by atoms with E-state index >= 15 is 0 Å². The maximum Gasteiger partial charge on any atom is 0.256 e. The molecule has 0 saturated carbocycles. The van der Waals surface area contributed by atoms with Crippen molar-refractivity contribution in [1.82, 2.24) is 20.4 Å². The largest absolute Gasteiger partial charge is 0.460 e. The number of H-pyrrole nitrogens is 1. The molecular weight excluding hydrogens is 342 g/mol. The zero-order valence-corrected chi connectivity index (χ0v) is 14.9. The SMILES string of the molecule is Cc1ccc(-c2ccc(C(=O)Nc3cc(-c4ccc(C)o4)[nH]n3)cc2)nn1. The number of aromatic nitrogens is 4. The van der Waals surface area contributed by atoms with Gasteiger partial charge in [0.1, 0.15) is 11.5 Å². The first-order chi connectivity index (χ1) is 13.1. The van der Waals surface area contributed by atoms with Crippen LogP contribution in [-0.2, 0) is 0 Å². The highest BCUT2D eigenvalue weighted by Gasteiger charge is 2.11. The van der Waals surface area contributed by atoms with E-state index in [1.54, 1.807) is 18.2 Å². The van der Waals surface area contributed by atoms with Gasteiger partial charge in [0.05, 0.1) is 11.4 Å². The Morgan fingerprint density at radius 3 is 2.48 bits per heavy atom. The molecule has 0 spiro atoms. The summed E-state index contributed by atoms with van der Waals surface area (Å²) < 4.78 is 5.54. The van der Waals surface area contributed by atoms with Crippen molar-refractivity contribution in [3.63, 3.8) is 0 Å². The van der Waals surface area contributed by atoms with Crippen LogP contribution in [0.1, 0.15) is 21.8 Å². The molecule has 0 atom stereocenters. The van der Waals surface area contributed by atoms with Crippen LogP contribution in [0, 0.1) is 13.8 Å². The lowest BCUT2D eigenvalue weighted by atomic mass is 10.1. The average Bonchev–Trinajstić information content (AvgIpc) is 3.31. The minimum Gasteiger partial charge on any atom is -0.460 e. The van der Waals surface area contributed by atoms with Crippen LogP contribution in [-0.4, -0.2) is 26.3 Å². The number of anilines is 1. The van der Waals surface area contributed by atoms with Gasteiger partial charge < -0.3 is 9.73 Å². The minimum atomic E-state index is -0.245. The summed E-state index contributed by atoms with van der Waals surface area (Å²) in [5, 5.41) is 17.9. The first-order valence-corrected chi connectivity index (χ1v) is 8.43. The molecule has 2 N–H and O–H groups in total. The van der Waals surface area contributed by atoms with Gasteiger partial charge in [-0.05, 0) is 50.2 Å². The van der Waals surface area contributed by atoms with Crippen LogP contribution in [0.5, 0.6) is 0 Å². The first kappa shape index (κ1) is 16.7. The predicted molar refractivity (Wildman–Crippen MR) is 101 cm³/mol. The van der Waals surface area contributed by atoms with Gasteiger partial charge in [0, 0.05) is 17.2 Å². The van der Waals surface area contributed by atoms with E-state index in [9.17, 15) is 4.79 Å². The van der Waals surface area contributed by atoms with E-state index in [2.05, 4.69) is 25.7 Å². The highest BCUT2D eigenvalue weighted by atomic mass is 16.3. The van der Waals surface area contributed by atoms with Crippen molar-refractivity contribution in [3.8, 4) is 22.7 Å². The molecule has 1 amide bonds. The number of hydrogen-bond acceptors (Lipinski definition) is 5. The number of benzene rings is 1. The third-order valence-corrected chi connectivity index (χ3v) is 4.07. The molecule has 7 heteroatoms. The van der Waals surface area contributed by atoms with E-state index in [0.717, 1.165) is 22.7 Å². The molecular formula is C20H17N5O2. The van der Waals surface area contributed by atoms with E-state index in [4.69, 9.17) is 4.42 Å². The predicted octanol–water partition coefficient (Wildman–Crippen LogP) is 4.00. The van der Waals surface area contributed by atoms with Gasteiger partial charge in [0.25, 0.3) is 5.91 Å². The molecule has 134 valence electrons. The fourth-order valence-corrected chi connectivity index (χ4v) is 2.63. The van der Waals surface area contributed by atoms with Crippen LogP contribution in [0.2, 0.25) is 0 Å². The van der Waals surface area contributed by atoms with Gasteiger partial charge in [0.2, 0.25) is 0 Å². The lowest BCUT2D eigenvalue weighted by Gasteiger charge is -2.04. The molecule has 3 heterocycles. The Morgan fingerprint density at radius 2 is 1.81 bits per heavy atom. The molecule has 0 aliphatic carbocycles. The van der Waals surface area contributed by atoms with Crippen LogP contribution in [0.4, 0.5) is 5.82 Å². The van der Waals surface area contributed by atoms with E-state index in [-0.39, 0.29) is 5.91 Å². The zero-order chi connectivity index (χ0) is 18.8. The van der Waals surface area contributed by atoms with Crippen molar-refractivity contribution in [3.05, 3.63) is 71.6 Å². The molecule has 4 aromatic rings. The van der Waals surface area contributed by atoms with E-state index < -0.39 is 0 Å². The van der Waals surface area contributed by atoms with Gasteiger partial charge in [-0.2, -0.15) is 15.3 Å². The van der Waals surface area contributed by atoms with E-state index in [0.29, 0.717) is 22.8 Å². The molecule has 1 aromatic carbocycles. The summed E-state index contributed by atoms with van der Waals surface area (Å²) >= 11 is 0. The van der Waals surface area contributed by atoms with Crippen molar-refractivity contribution in [2.24, 2.45) is 0 Å². The summed E-state index contributed by atoms with van der Waals surface area (Å²) in [6.07, 6.45) is 0. The Bertz CT molecular complexity index is 1080. The molecule has 0 fully saturated rings. The second-order valence-electron chi connectivity index (χ2n) is 6.17.